The van der Waals surface area contributed by atoms with Crippen molar-refractivity contribution in [2.45, 2.75) is 6.92 Å². The Balaban J connectivity index is 1.49. The first-order valence-corrected chi connectivity index (χ1v) is 11.0. The van der Waals surface area contributed by atoms with Gasteiger partial charge in [0, 0.05) is 54.5 Å². The van der Waals surface area contributed by atoms with Gasteiger partial charge in [-0.25, -0.2) is 15.0 Å². The molecule has 0 bridgehead atoms. The number of carbonyl (C=O) groups is 1. The van der Waals surface area contributed by atoms with Crippen molar-refractivity contribution in [2.75, 3.05) is 31.1 Å². The Morgan fingerprint density at radius 1 is 0.938 bits per heavy atom. The topological polar surface area (TPSA) is 62.2 Å². The number of fused-ring (bicyclic) bond motifs is 1. The minimum atomic E-state index is -0.0110. The van der Waals surface area contributed by atoms with Crippen molar-refractivity contribution in [2.24, 2.45) is 0 Å². The standard InChI is InChI=1S/C25H22ClN5O/c1-17-5-2-3-6-19(17)23-16-21(20-15-18(26)7-8-22(20)29-23)24(32)30-11-13-31(14-12-30)25-27-9-4-10-28-25/h2-10,15-16H,11-14H2,1H3. The third kappa shape index (κ3) is 3.89. The Labute approximate surface area is 191 Å². The molecule has 1 aliphatic rings. The third-order valence-corrected chi connectivity index (χ3v) is 6.06. The molecular weight excluding hydrogens is 422 g/mol. The van der Waals surface area contributed by atoms with Crippen LogP contribution in [-0.2, 0) is 0 Å². The quantitative estimate of drug-likeness (QED) is 0.462. The number of piperazine rings is 1. The SMILES string of the molecule is Cc1ccccc1-c1cc(C(=O)N2CCN(c3ncccn3)CC2)c2cc(Cl)ccc2n1. The van der Waals surface area contributed by atoms with Gasteiger partial charge >= 0.3 is 0 Å². The molecule has 32 heavy (non-hydrogen) atoms. The second-order valence-electron chi connectivity index (χ2n) is 7.86. The minimum absolute atomic E-state index is 0.0110. The van der Waals surface area contributed by atoms with Crippen LogP contribution >= 0.6 is 11.6 Å². The smallest absolute Gasteiger partial charge is 0.254 e. The van der Waals surface area contributed by atoms with E-state index in [1.54, 1.807) is 18.5 Å². The maximum absolute atomic E-state index is 13.6. The van der Waals surface area contributed by atoms with Gasteiger partial charge in [-0.15, -0.1) is 0 Å². The van der Waals surface area contributed by atoms with E-state index in [2.05, 4.69) is 27.9 Å². The van der Waals surface area contributed by atoms with Crippen molar-refractivity contribution in [3.05, 3.63) is 83.1 Å². The summed E-state index contributed by atoms with van der Waals surface area (Å²) >= 11 is 6.28. The molecule has 1 aliphatic heterocycles. The first-order chi connectivity index (χ1) is 15.6. The number of aryl methyl sites for hydroxylation is 1. The molecule has 0 spiro atoms. The fourth-order valence-electron chi connectivity index (χ4n) is 4.11. The summed E-state index contributed by atoms with van der Waals surface area (Å²) in [6.45, 7) is 4.62. The lowest BCUT2D eigenvalue weighted by atomic mass is 10.00. The van der Waals surface area contributed by atoms with Crippen LogP contribution in [0.2, 0.25) is 5.02 Å². The molecule has 0 radical (unpaired) electrons. The second-order valence-corrected chi connectivity index (χ2v) is 8.30. The van der Waals surface area contributed by atoms with Crippen LogP contribution in [0.4, 0.5) is 5.95 Å². The highest BCUT2D eigenvalue weighted by atomic mass is 35.5. The molecule has 0 atom stereocenters. The number of hydrogen-bond acceptors (Lipinski definition) is 5. The molecule has 2 aromatic carbocycles. The Morgan fingerprint density at radius 2 is 1.69 bits per heavy atom. The molecule has 0 N–H and O–H groups in total. The molecule has 0 aliphatic carbocycles. The summed E-state index contributed by atoms with van der Waals surface area (Å²) < 4.78 is 0. The Hall–Kier alpha value is -3.51. The van der Waals surface area contributed by atoms with Crippen molar-refractivity contribution in [1.82, 2.24) is 19.9 Å². The van der Waals surface area contributed by atoms with Crippen LogP contribution in [0.25, 0.3) is 22.2 Å². The molecular formula is C25H22ClN5O. The van der Waals surface area contributed by atoms with Gasteiger partial charge in [0.25, 0.3) is 5.91 Å². The minimum Gasteiger partial charge on any atom is -0.337 e. The largest absolute Gasteiger partial charge is 0.337 e. The van der Waals surface area contributed by atoms with E-state index in [0.29, 0.717) is 42.7 Å². The van der Waals surface area contributed by atoms with Crippen LogP contribution in [0.5, 0.6) is 0 Å². The highest BCUT2D eigenvalue weighted by Gasteiger charge is 2.25. The molecule has 1 saturated heterocycles. The van der Waals surface area contributed by atoms with E-state index in [4.69, 9.17) is 16.6 Å². The first kappa shape index (κ1) is 20.4. The predicted molar refractivity (Wildman–Crippen MR) is 127 cm³/mol. The van der Waals surface area contributed by atoms with E-state index < -0.39 is 0 Å². The molecule has 7 heteroatoms. The lowest BCUT2D eigenvalue weighted by Crippen LogP contribution is -2.49. The molecule has 3 heterocycles. The number of aromatic nitrogens is 3. The van der Waals surface area contributed by atoms with Gasteiger partial charge in [-0.1, -0.05) is 35.9 Å². The molecule has 0 saturated carbocycles. The Kier molecular flexibility index (Phi) is 5.45. The molecule has 6 nitrogen and oxygen atoms in total. The number of nitrogens with zero attached hydrogens (tertiary/aromatic N) is 5. The van der Waals surface area contributed by atoms with Crippen LogP contribution in [0, 0.1) is 6.92 Å². The molecule has 4 aromatic rings. The number of amides is 1. The third-order valence-electron chi connectivity index (χ3n) is 5.82. The van der Waals surface area contributed by atoms with Gasteiger partial charge in [0.05, 0.1) is 16.8 Å². The number of rotatable bonds is 3. The highest BCUT2D eigenvalue weighted by molar-refractivity contribution is 6.31. The monoisotopic (exact) mass is 443 g/mol. The van der Waals surface area contributed by atoms with Crippen LogP contribution < -0.4 is 4.90 Å². The number of hydrogen-bond donors (Lipinski definition) is 0. The highest BCUT2D eigenvalue weighted by Crippen LogP contribution is 2.29. The van der Waals surface area contributed by atoms with Gasteiger partial charge < -0.3 is 9.80 Å². The van der Waals surface area contributed by atoms with Crippen LogP contribution in [0.15, 0.2) is 67.0 Å². The molecule has 1 amide bonds. The zero-order valence-electron chi connectivity index (χ0n) is 17.7. The van der Waals surface area contributed by atoms with Gasteiger partial charge in [-0.05, 0) is 42.8 Å². The summed E-state index contributed by atoms with van der Waals surface area (Å²) in [7, 11) is 0. The second kappa shape index (κ2) is 8.55. The van der Waals surface area contributed by atoms with E-state index in [0.717, 1.165) is 27.7 Å². The van der Waals surface area contributed by atoms with E-state index in [-0.39, 0.29) is 5.91 Å². The first-order valence-electron chi connectivity index (χ1n) is 10.6. The molecule has 160 valence electrons. The number of pyridine rings is 1. The lowest BCUT2D eigenvalue weighted by molar-refractivity contribution is 0.0748. The summed E-state index contributed by atoms with van der Waals surface area (Å²) in [5, 5.41) is 1.36. The Morgan fingerprint density at radius 3 is 2.44 bits per heavy atom. The summed E-state index contributed by atoms with van der Waals surface area (Å²) in [6.07, 6.45) is 3.47. The van der Waals surface area contributed by atoms with Gasteiger partial charge in [-0.3, -0.25) is 4.79 Å². The van der Waals surface area contributed by atoms with Crippen LogP contribution in [0.3, 0.4) is 0 Å². The van der Waals surface area contributed by atoms with Crippen LogP contribution in [-0.4, -0.2) is 51.9 Å². The number of anilines is 1. The van der Waals surface area contributed by atoms with Crippen molar-refractivity contribution in [3.63, 3.8) is 0 Å². The van der Waals surface area contributed by atoms with E-state index in [1.807, 2.05) is 47.4 Å². The molecule has 5 rings (SSSR count). The number of carbonyl (C=O) groups excluding carboxylic acids is 1. The fraction of sp³-hybridized carbons (Fsp3) is 0.200. The van der Waals surface area contributed by atoms with Gasteiger partial charge in [0.15, 0.2) is 0 Å². The van der Waals surface area contributed by atoms with Crippen molar-refractivity contribution in [1.29, 1.82) is 0 Å². The summed E-state index contributed by atoms with van der Waals surface area (Å²) in [5.74, 6) is 0.686. The summed E-state index contributed by atoms with van der Waals surface area (Å²) in [4.78, 5) is 31.1. The summed E-state index contributed by atoms with van der Waals surface area (Å²) in [6, 6.07) is 17.3. The van der Waals surface area contributed by atoms with Crippen LogP contribution in [0.1, 0.15) is 15.9 Å². The van der Waals surface area contributed by atoms with E-state index in [9.17, 15) is 4.79 Å². The Bertz CT molecular complexity index is 1290. The summed E-state index contributed by atoms with van der Waals surface area (Å²) in [5.41, 5.74) is 4.31. The number of halogens is 1. The number of benzene rings is 2. The van der Waals surface area contributed by atoms with Crippen molar-refractivity contribution in [3.8, 4) is 11.3 Å². The zero-order chi connectivity index (χ0) is 22.1. The van der Waals surface area contributed by atoms with Crippen molar-refractivity contribution < 1.29 is 4.79 Å². The average molecular weight is 444 g/mol. The van der Waals surface area contributed by atoms with E-state index in [1.165, 1.54) is 0 Å². The van der Waals surface area contributed by atoms with Gasteiger partial charge in [0.1, 0.15) is 0 Å². The maximum Gasteiger partial charge on any atom is 0.254 e. The van der Waals surface area contributed by atoms with Gasteiger partial charge in [-0.2, -0.15) is 0 Å². The lowest BCUT2D eigenvalue weighted by Gasteiger charge is -2.35. The maximum atomic E-state index is 13.6. The zero-order valence-corrected chi connectivity index (χ0v) is 18.5. The average Bonchev–Trinajstić information content (AvgIpc) is 2.84. The van der Waals surface area contributed by atoms with Gasteiger partial charge in [0.2, 0.25) is 5.95 Å². The normalized spacial score (nSPS) is 14.1. The molecule has 1 fully saturated rings. The fourth-order valence-corrected chi connectivity index (χ4v) is 4.28. The molecule has 2 aromatic heterocycles. The van der Waals surface area contributed by atoms with E-state index >= 15 is 0 Å². The van der Waals surface area contributed by atoms with Crippen molar-refractivity contribution >= 4 is 34.4 Å². The molecule has 0 unspecified atom stereocenters. The predicted octanol–water partition coefficient (Wildman–Crippen LogP) is 4.62.